The molecule has 31 heavy (non-hydrogen) atoms. The fourth-order valence-corrected chi connectivity index (χ4v) is 4.81. The number of thiocarbonyl (C=S) groups is 1. The molecule has 0 bridgehead atoms. The molecule has 6 heteroatoms. The van der Waals surface area contributed by atoms with Gasteiger partial charge in [-0.2, -0.15) is 0 Å². The Bertz CT molecular complexity index is 1190. The van der Waals surface area contributed by atoms with Crippen LogP contribution >= 0.6 is 12.2 Å². The number of benzene rings is 1. The Morgan fingerprint density at radius 3 is 2.55 bits per heavy atom. The minimum absolute atomic E-state index is 0.0126. The van der Waals surface area contributed by atoms with Crippen molar-refractivity contribution in [2.24, 2.45) is 0 Å². The number of para-hydroxylation sites is 1. The van der Waals surface area contributed by atoms with E-state index in [0.717, 1.165) is 17.1 Å². The van der Waals surface area contributed by atoms with Crippen molar-refractivity contribution in [3.63, 3.8) is 0 Å². The summed E-state index contributed by atoms with van der Waals surface area (Å²) < 4.78 is 7.91. The van der Waals surface area contributed by atoms with Crippen LogP contribution in [0.4, 0.5) is 5.69 Å². The monoisotopic (exact) mass is 428 g/mol. The maximum absolute atomic E-state index is 5.82. The number of nitrogens with one attached hydrogen (secondary N) is 1. The zero-order valence-corrected chi connectivity index (χ0v) is 18.3. The summed E-state index contributed by atoms with van der Waals surface area (Å²) >= 11 is 5.82. The second-order valence-corrected chi connectivity index (χ2v) is 8.21. The predicted molar refractivity (Wildman–Crippen MR) is 126 cm³/mol. The van der Waals surface area contributed by atoms with Crippen LogP contribution in [0, 0.1) is 13.8 Å². The summed E-state index contributed by atoms with van der Waals surface area (Å²) in [7, 11) is 0. The molecule has 0 saturated carbocycles. The fourth-order valence-electron chi connectivity index (χ4n) is 4.47. The average Bonchev–Trinajstić information content (AvgIpc) is 3.50. The van der Waals surface area contributed by atoms with Gasteiger partial charge in [0.1, 0.15) is 5.76 Å². The molecule has 0 amide bonds. The van der Waals surface area contributed by atoms with Crippen LogP contribution in [0.15, 0.2) is 83.6 Å². The van der Waals surface area contributed by atoms with E-state index in [1.54, 1.807) is 6.26 Å². The van der Waals surface area contributed by atoms with Crippen molar-refractivity contribution in [1.29, 1.82) is 0 Å². The Labute approximate surface area is 187 Å². The summed E-state index contributed by atoms with van der Waals surface area (Å²) in [6, 6.07) is 22.5. The Hall–Kier alpha value is -3.38. The molecule has 156 valence electrons. The van der Waals surface area contributed by atoms with Crippen molar-refractivity contribution in [2.45, 2.75) is 32.5 Å². The van der Waals surface area contributed by atoms with Gasteiger partial charge >= 0.3 is 0 Å². The van der Waals surface area contributed by atoms with E-state index >= 15 is 0 Å². The molecule has 1 N–H and O–H groups in total. The third kappa shape index (κ3) is 3.53. The first-order chi connectivity index (χ1) is 15.1. The molecule has 1 aliphatic rings. The fraction of sp³-hybridized carbons (Fsp3) is 0.200. The molecule has 5 rings (SSSR count). The Morgan fingerprint density at radius 2 is 1.84 bits per heavy atom. The van der Waals surface area contributed by atoms with Gasteiger partial charge in [0.15, 0.2) is 5.11 Å². The van der Waals surface area contributed by atoms with E-state index in [1.165, 1.54) is 17.0 Å². The number of nitrogens with zero attached hydrogens (tertiary/aromatic N) is 3. The van der Waals surface area contributed by atoms with Crippen LogP contribution in [-0.2, 0) is 6.54 Å². The van der Waals surface area contributed by atoms with E-state index in [9.17, 15) is 0 Å². The number of aromatic nitrogens is 2. The first-order valence-corrected chi connectivity index (χ1v) is 10.8. The van der Waals surface area contributed by atoms with E-state index in [2.05, 4.69) is 57.9 Å². The van der Waals surface area contributed by atoms with Crippen molar-refractivity contribution in [2.75, 3.05) is 4.90 Å². The predicted octanol–water partition coefficient (Wildman–Crippen LogP) is 5.32. The van der Waals surface area contributed by atoms with Crippen LogP contribution in [0.5, 0.6) is 0 Å². The van der Waals surface area contributed by atoms with E-state index in [-0.39, 0.29) is 12.1 Å². The van der Waals surface area contributed by atoms with Gasteiger partial charge in [0, 0.05) is 23.3 Å². The number of rotatable bonds is 5. The van der Waals surface area contributed by atoms with Gasteiger partial charge in [0.25, 0.3) is 0 Å². The molecular weight excluding hydrogens is 404 g/mol. The quantitative estimate of drug-likeness (QED) is 0.436. The first kappa shape index (κ1) is 19.6. The van der Waals surface area contributed by atoms with Gasteiger partial charge in [-0.3, -0.25) is 4.98 Å². The summed E-state index contributed by atoms with van der Waals surface area (Å²) in [4.78, 5) is 6.86. The minimum atomic E-state index is -0.0496. The van der Waals surface area contributed by atoms with Gasteiger partial charge in [-0.15, -0.1) is 0 Å². The molecule has 1 aromatic carbocycles. The van der Waals surface area contributed by atoms with Crippen LogP contribution in [-0.4, -0.2) is 14.7 Å². The summed E-state index contributed by atoms with van der Waals surface area (Å²) in [5, 5.41) is 4.25. The number of hydrogen-bond donors (Lipinski definition) is 1. The lowest BCUT2D eigenvalue weighted by molar-refractivity contribution is 0.488. The topological polar surface area (TPSA) is 46.2 Å². The Kier molecular flexibility index (Phi) is 5.08. The number of furan rings is 1. The number of pyridine rings is 1. The van der Waals surface area contributed by atoms with Crippen molar-refractivity contribution < 1.29 is 4.42 Å². The molecule has 1 fully saturated rings. The van der Waals surface area contributed by atoms with Crippen molar-refractivity contribution in [3.05, 3.63) is 108 Å². The molecule has 0 spiro atoms. The van der Waals surface area contributed by atoms with Crippen LogP contribution in [0.1, 0.15) is 40.5 Å². The van der Waals surface area contributed by atoms with Gasteiger partial charge < -0.3 is 19.2 Å². The summed E-state index contributed by atoms with van der Waals surface area (Å²) in [6.45, 7) is 5.02. The zero-order chi connectivity index (χ0) is 21.4. The highest BCUT2D eigenvalue weighted by Gasteiger charge is 2.42. The van der Waals surface area contributed by atoms with Crippen LogP contribution in [0.25, 0.3) is 0 Å². The lowest BCUT2D eigenvalue weighted by atomic mass is 9.96. The normalized spacial score (nSPS) is 18.4. The highest BCUT2D eigenvalue weighted by atomic mass is 32.1. The first-order valence-electron chi connectivity index (χ1n) is 10.4. The Morgan fingerprint density at radius 1 is 1.03 bits per heavy atom. The van der Waals surface area contributed by atoms with Gasteiger partial charge in [-0.25, -0.2) is 0 Å². The zero-order valence-electron chi connectivity index (χ0n) is 17.5. The number of anilines is 1. The number of aryl methyl sites for hydroxylation is 1. The molecule has 5 nitrogen and oxygen atoms in total. The SMILES string of the molecule is Cc1cc([C@H]2[C@H](c3ccccn3)NC(=S)N2c2ccccc2)c(C)n1Cc1ccco1. The molecule has 1 saturated heterocycles. The van der Waals surface area contributed by atoms with E-state index < -0.39 is 0 Å². The van der Waals surface area contributed by atoms with Crippen molar-refractivity contribution in [1.82, 2.24) is 14.9 Å². The summed E-state index contributed by atoms with van der Waals surface area (Å²) in [5.41, 5.74) is 5.67. The van der Waals surface area contributed by atoms with Crippen LogP contribution in [0.3, 0.4) is 0 Å². The van der Waals surface area contributed by atoms with Gasteiger partial charge in [-0.1, -0.05) is 24.3 Å². The highest BCUT2D eigenvalue weighted by molar-refractivity contribution is 7.80. The van der Waals surface area contributed by atoms with Gasteiger partial charge in [0.05, 0.1) is 30.6 Å². The van der Waals surface area contributed by atoms with Crippen molar-refractivity contribution >= 4 is 23.0 Å². The van der Waals surface area contributed by atoms with Crippen LogP contribution < -0.4 is 10.2 Å². The van der Waals surface area contributed by atoms with Gasteiger partial charge in [-0.05, 0) is 74.1 Å². The lowest BCUT2D eigenvalue weighted by Crippen LogP contribution is -2.29. The molecule has 0 unspecified atom stereocenters. The van der Waals surface area contributed by atoms with Gasteiger partial charge in [0.2, 0.25) is 0 Å². The lowest BCUT2D eigenvalue weighted by Gasteiger charge is -2.28. The van der Waals surface area contributed by atoms with E-state index in [1.807, 2.05) is 48.7 Å². The molecule has 4 aromatic rings. The second-order valence-electron chi connectivity index (χ2n) is 7.82. The maximum atomic E-state index is 5.82. The molecule has 0 aliphatic carbocycles. The Balaban J connectivity index is 1.63. The third-order valence-corrected chi connectivity index (χ3v) is 6.27. The molecular formula is C25H24N4OS. The molecule has 4 heterocycles. The number of hydrogen-bond acceptors (Lipinski definition) is 3. The third-order valence-electron chi connectivity index (χ3n) is 5.96. The maximum Gasteiger partial charge on any atom is 0.174 e. The average molecular weight is 429 g/mol. The second kappa shape index (κ2) is 8.04. The minimum Gasteiger partial charge on any atom is -0.467 e. The molecule has 3 aromatic heterocycles. The van der Waals surface area contributed by atoms with Crippen molar-refractivity contribution in [3.8, 4) is 0 Å². The van der Waals surface area contributed by atoms with E-state index in [0.29, 0.717) is 11.7 Å². The summed E-state index contributed by atoms with van der Waals surface area (Å²) in [6.07, 6.45) is 3.56. The molecule has 0 radical (unpaired) electrons. The van der Waals surface area contributed by atoms with E-state index in [4.69, 9.17) is 16.6 Å². The highest BCUT2D eigenvalue weighted by Crippen LogP contribution is 2.43. The largest absolute Gasteiger partial charge is 0.467 e. The summed E-state index contributed by atoms with van der Waals surface area (Å²) in [5.74, 6) is 0.939. The standard InChI is InChI=1S/C25H24N4OS/c1-17-15-21(18(2)28(17)16-20-11-8-14-30-20)24-23(22-12-6-7-13-26-22)27-25(31)29(24)19-9-4-3-5-10-19/h3-15,23-24H,16H2,1-2H3,(H,27,31)/t23-,24-/m0/s1. The van der Waals surface area contributed by atoms with Crippen LogP contribution in [0.2, 0.25) is 0 Å². The molecule has 1 aliphatic heterocycles. The molecule has 2 atom stereocenters. The smallest absolute Gasteiger partial charge is 0.174 e.